The van der Waals surface area contributed by atoms with Crippen LogP contribution in [0.2, 0.25) is 5.02 Å². The zero-order valence-electron chi connectivity index (χ0n) is 12.2. The van der Waals surface area contributed by atoms with Crippen LogP contribution >= 0.6 is 11.6 Å². The van der Waals surface area contributed by atoms with Gasteiger partial charge in [0.25, 0.3) is 10.0 Å². The van der Waals surface area contributed by atoms with Crippen LogP contribution in [-0.2, 0) is 10.0 Å². The summed E-state index contributed by atoms with van der Waals surface area (Å²) in [5.41, 5.74) is 0.349. The van der Waals surface area contributed by atoms with E-state index in [0.29, 0.717) is 5.02 Å². The number of hydrogen-bond acceptors (Lipinski definition) is 3. The SMILES string of the molecule is Cc1ccc(NS(=O)(=O)c2cc(C(=O)O)cc(F)c2C)cc1Cl. The molecule has 0 bridgehead atoms. The molecule has 8 heteroatoms. The molecule has 2 N–H and O–H groups in total. The van der Waals surface area contributed by atoms with E-state index in [1.807, 2.05) is 0 Å². The van der Waals surface area contributed by atoms with Crippen LogP contribution in [0.5, 0.6) is 0 Å². The van der Waals surface area contributed by atoms with Gasteiger partial charge in [0.2, 0.25) is 0 Å². The summed E-state index contributed by atoms with van der Waals surface area (Å²) in [6, 6.07) is 6.24. The lowest BCUT2D eigenvalue weighted by molar-refractivity contribution is 0.0696. The highest BCUT2D eigenvalue weighted by atomic mass is 35.5. The maximum Gasteiger partial charge on any atom is 0.335 e. The highest BCUT2D eigenvalue weighted by Crippen LogP contribution is 2.25. The van der Waals surface area contributed by atoms with Crippen molar-refractivity contribution in [2.75, 3.05) is 4.72 Å². The van der Waals surface area contributed by atoms with E-state index in [2.05, 4.69) is 4.72 Å². The van der Waals surface area contributed by atoms with Crippen molar-refractivity contribution >= 4 is 33.3 Å². The first-order valence-corrected chi connectivity index (χ1v) is 8.30. The van der Waals surface area contributed by atoms with Crippen LogP contribution in [0.3, 0.4) is 0 Å². The maximum atomic E-state index is 13.8. The zero-order chi connectivity index (χ0) is 17.4. The van der Waals surface area contributed by atoms with Crippen LogP contribution in [0.1, 0.15) is 21.5 Å². The summed E-state index contributed by atoms with van der Waals surface area (Å²) in [4.78, 5) is 10.5. The normalized spacial score (nSPS) is 11.3. The van der Waals surface area contributed by atoms with Crippen molar-refractivity contribution in [3.05, 3.63) is 57.9 Å². The molecule has 0 spiro atoms. The summed E-state index contributed by atoms with van der Waals surface area (Å²) in [6.07, 6.45) is 0. The van der Waals surface area contributed by atoms with E-state index in [1.54, 1.807) is 13.0 Å². The van der Waals surface area contributed by atoms with Gasteiger partial charge in [0.05, 0.1) is 16.1 Å². The molecule has 0 saturated carbocycles. The Hall–Kier alpha value is -2.12. The van der Waals surface area contributed by atoms with Gasteiger partial charge < -0.3 is 5.11 Å². The molecule has 0 unspecified atom stereocenters. The molecule has 2 aromatic carbocycles. The Morgan fingerprint density at radius 1 is 1.22 bits per heavy atom. The summed E-state index contributed by atoms with van der Waals surface area (Å²) in [5.74, 6) is -2.33. The number of nitrogens with one attached hydrogen (secondary N) is 1. The van der Waals surface area contributed by atoms with E-state index in [4.69, 9.17) is 16.7 Å². The third-order valence-corrected chi connectivity index (χ3v) is 5.17. The van der Waals surface area contributed by atoms with Gasteiger partial charge in [0, 0.05) is 10.6 Å². The fourth-order valence-corrected chi connectivity index (χ4v) is 3.43. The van der Waals surface area contributed by atoms with Crippen molar-refractivity contribution in [1.29, 1.82) is 0 Å². The second-order valence-corrected chi connectivity index (χ2v) is 7.01. The maximum absolute atomic E-state index is 13.8. The number of aromatic carboxylic acids is 1. The summed E-state index contributed by atoms with van der Waals surface area (Å²) in [6.45, 7) is 3.02. The molecule has 122 valence electrons. The number of carboxylic acids is 1. The summed E-state index contributed by atoms with van der Waals surface area (Å²) < 4.78 is 40.9. The lowest BCUT2D eigenvalue weighted by Gasteiger charge is -2.12. The molecular weight excluding hydrogens is 345 g/mol. The molecular formula is C15H13ClFNO4S. The van der Waals surface area contributed by atoms with Gasteiger partial charge in [-0.15, -0.1) is 0 Å². The Balaban J connectivity index is 2.51. The van der Waals surface area contributed by atoms with Crippen molar-refractivity contribution in [1.82, 2.24) is 0 Å². The molecule has 0 fully saturated rings. The van der Waals surface area contributed by atoms with Gasteiger partial charge in [-0.1, -0.05) is 17.7 Å². The van der Waals surface area contributed by atoms with Crippen molar-refractivity contribution < 1.29 is 22.7 Å². The van der Waals surface area contributed by atoms with Gasteiger partial charge in [-0.3, -0.25) is 4.72 Å². The van der Waals surface area contributed by atoms with Crippen molar-refractivity contribution in [3.8, 4) is 0 Å². The Labute approximate surface area is 137 Å². The van der Waals surface area contributed by atoms with E-state index >= 15 is 0 Å². The fraction of sp³-hybridized carbons (Fsp3) is 0.133. The molecule has 0 aliphatic rings. The predicted molar refractivity (Wildman–Crippen MR) is 85.1 cm³/mol. The van der Waals surface area contributed by atoms with E-state index in [-0.39, 0.29) is 11.3 Å². The first-order chi connectivity index (χ1) is 10.6. The van der Waals surface area contributed by atoms with Crippen LogP contribution in [-0.4, -0.2) is 19.5 Å². The third kappa shape index (κ3) is 3.62. The number of aryl methyl sites for hydroxylation is 1. The highest BCUT2D eigenvalue weighted by Gasteiger charge is 2.22. The van der Waals surface area contributed by atoms with Gasteiger partial charge >= 0.3 is 5.97 Å². The number of carbonyl (C=O) groups is 1. The number of halogens is 2. The Morgan fingerprint density at radius 2 is 1.87 bits per heavy atom. The van der Waals surface area contributed by atoms with Gasteiger partial charge in [-0.25, -0.2) is 17.6 Å². The van der Waals surface area contributed by atoms with Crippen LogP contribution in [0.15, 0.2) is 35.2 Å². The average Bonchev–Trinajstić information content (AvgIpc) is 2.45. The molecule has 0 atom stereocenters. The summed E-state index contributed by atoms with van der Waals surface area (Å²) in [7, 11) is -4.16. The molecule has 2 aromatic rings. The number of rotatable bonds is 4. The fourth-order valence-electron chi connectivity index (χ4n) is 1.92. The molecule has 0 radical (unpaired) electrons. The van der Waals surface area contributed by atoms with E-state index in [9.17, 15) is 17.6 Å². The standard InChI is InChI=1S/C15H13ClFNO4S/c1-8-3-4-11(7-12(8)16)18-23(21,22)14-6-10(15(19)20)5-13(17)9(14)2/h3-7,18H,1-2H3,(H,19,20). The molecule has 0 amide bonds. The topological polar surface area (TPSA) is 83.5 Å². The second kappa shape index (κ2) is 6.17. The summed E-state index contributed by atoms with van der Waals surface area (Å²) >= 11 is 5.94. The van der Waals surface area contributed by atoms with Gasteiger partial charge in [0.15, 0.2) is 0 Å². The minimum atomic E-state index is -4.16. The minimum Gasteiger partial charge on any atom is -0.478 e. The van der Waals surface area contributed by atoms with E-state index in [1.165, 1.54) is 19.1 Å². The zero-order valence-corrected chi connectivity index (χ0v) is 13.8. The first kappa shape index (κ1) is 17.2. The number of anilines is 1. The second-order valence-electron chi connectivity index (χ2n) is 4.96. The lowest BCUT2D eigenvalue weighted by Crippen LogP contribution is -2.16. The number of hydrogen-bond donors (Lipinski definition) is 2. The van der Waals surface area contributed by atoms with Crippen LogP contribution in [0.4, 0.5) is 10.1 Å². The third-order valence-electron chi connectivity index (χ3n) is 3.26. The molecule has 0 aliphatic heterocycles. The molecule has 2 rings (SSSR count). The van der Waals surface area contributed by atoms with Crippen molar-refractivity contribution in [3.63, 3.8) is 0 Å². The largest absolute Gasteiger partial charge is 0.478 e. The molecule has 23 heavy (non-hydrogen) atoms. The van der Waals surface area contributed by atoms with Gasteiger partial charge in [0.1, 0.15) is 5.82 Å². The Bertz CT molecular complexity index is 897. The molecule has 0 saturated heterocycles. The van der Waals surface area contributed by atoms with Crippen LogP contribution < -0.4 is 4.72 Å². The summed E-state index contributed by atoms with van der Waals surface area (Å²) in [5, 5.41) is 9.32. The number of sulfonamides is 1. The average molecular weight is 358 g/mol. The van der Waals surface area contributed by atoms with Gasteiger partial charge in [-0.05, 0) is 43.7 Å². The van der Waals surface area contributed by atoms with Crippen LogP contribution in [0.25, 0.3) is 0 Å². The highest BCUT2D eigenvalue weighted by molar-refractivity contribution is 7.92. The van der Waals surface area contributed by atoms with Crippen LogP contribution in [0, 0.1) is 19.7 Å². The monoisotopic (exact) mass is 357 g/mol. The Kier molecular flexibility index (Phi) is 4.63. The number of benzene rings is 2. The predicted octanol–water partition coefficient (Wildman–Crippen LogP) is 3.59. The molecule has 0 heterocycles. The number of carboxylic acid groups (broad SMARTS) is 1. The quantitative estimate of drug-likeness (QED) is 0.875. The van der Waals surface area contributed by atoms with E-state index < -0.39 is 32.3 Å². The molecule has 5 nitrogen and oxygen atoms in total. The van der Waals surface area contributed by atoms with Crippen molar-refractivity contribution in [2.45, 2.75) is 18.7 Å². The van der Waals surface area contributed by atoms with E-state index in [0.717, 1.165) is 17.7 Å². The first-order valence-electron chi connectivity index (χ1n) is 6.44. The van der Waals surface area contributed by atoms with Crippen molar-refractivity contribution in [2.24, 2.45) is 0 Å². The minimum absolute atomic E-state index is 0.166. The smallest absolute Gasteiger partial charge is 0.335 e. The van der Waals surface area contributed by atoms with Gasteiger partial charge in [-0.2, -0.15) is 0 Å². The molecule has 0 aliphatic carbocycles. The molecule has 0 aromatic heterocycles. The Morgan fingerprint density at radius 3 is 2.43 bits per heavy atom. The lowest BCUT2D eigenvalue weighted by atomic mass is 10.1.